The molecule has 0 saturated heterocycles. The molecule has 0 fully saturated rings. The summed E-state index contributed by atoms with van der Waals surface area (Å²) in [7, 11) is 0. The molecular weight excluding hydrogens is 206 g/mol. The van der Waals surface area contributed by atoms with E-state index in [0.717, 1.165) is 12.0 Å². The second kappa shape index (κ2) is 3.92. The number of rotatable bonds is 2. The molecule has 1 aromatic rings. The fourth-order valence-electron chi connectivity index (χ4n) is 0.782. The van der Waals surface area contributed by atoms with Gasteiger partial charge in [-0.05, 0) is 0 Å². The molecule has 0 aliphatic carbocycles. The van der Waals surface area contributed by atoms with Crippen molar-refractivity contribution in [1.29, 1.82) is 0 Å². The van der Waals surface area contributed by atoms with Gasteiger partial charge in [-0.2, -0.15) is 0 Å². The first-order chi connectivity index (χ1) is 4.83. The summed E-state index contributed by atoms with van der Waals surface area (Å²) < 4.78 is 14.6. The molecule has 48 valence electrons. The molecule has 0 unspecified atom stereocenters. The van der Waals surface area contributed by atoms with Gasteiger partial charge in [-0.3, -0.25) is 0 Å². The maximum absolute atomic E-state index is 12.5. The molecule has 0 aliphatic rings. The standard InChI is InChI=1S/C8H7F.Zr/c1-2-7-4-3-5-8(9)6-7;/h1,3-6H,2H2;/q;+2. The van der Waals surface area contributed by atoms with Crippen molar-refractivity contribution < 1.29 is 28.6 Å². The molecule has 0 aliphatic heterocycles. The van der Waals surface area contributed by atoms with Crippen LogP contribution in [0.2, 0.25) is 0 Å². The van der Waals surface area contributed by atoms with Crippen LogP contribution < -0.4 is 0 Å². The minimum absolute atomic E-state index is 0.143. The van der Waals surface area contributed by atoms with Crippen LogP contribution >= 0.6 is 0 Å². The molecule has 0 bridgehead atoms. The molecule has 1 aromatic carbocycles. The summed E-state index contributed by atoms with van der Waals surface area (Å²) >= 11 is 1.39. The summed E-state index contributed by atoms with van der Waals surface area (Å²) in [4.78, 5) is 0. The Morgan fingerprint density at radius 1 is 1.50 bits per heavy atom. The number of halogens is 1. The van der Waals surface area contributed by atoms with Crippen LogP contribution in [0.4, 0.5) is 4.39 Å². The molecular formula is C8H7FZr+2. The van der Waals surface area contributed by atoms with E-state index in [4.69, 9.17) is 0 Å². The van der Waals surface area contributed by atoms with Crippen LogP contribution in [-0.4, -0.2) is 3.71 Å². The van der Waals surface area contributed by atoms with Gasteiger partial charge in [0.05, 0.1) is 0 Å². The van der Waals surface area contributed by atoms with E-state index in [1.165, 1.54) is 30.3 Å². The normalized spacial score (nSPS) is 9.50. The molecule has 2 heteroatoms. The zero-order valence-corrected chi connectivity index (χ0v) is 7.93. The summed E-state index contributed by atoms with van der Waals surface area (Å²) in [5.74, 6) is -0.143. The molecule has 0 N–H and O–H groups in total. The van der Waals surface area contributed by atoms with Gasteiger partial charge in [0.2, 0.25) is 0 Å². The van der Waals surface area contributed by atoms with Gasteiger partial charge in [0, 0.05) is 0 Å². The van der Waals surface area contributed by atoms with E-state index in [0.29, 0.717) is 0 Å². The van der Waals surface area contributed by atoms with E-state index in [2.05, 4.69) is 3.71 Å². The van der Waals surface area contributed by atoms with Crippen molar-refractivity contribution in [1.82, 2.24) is 0 Å². The molecule has 10 heavy (non-hydrogen) atoms. The van der Waals surface area contributed by atoms with Crippen molar-refractivity contribution in [3.63, 3.8) is 0 Å². The fourth-order valence-corrected chi connectivity index (χ4v) is 1.36. The Bertz CT molecular complexity index is 232. The van der Waals surface area contributed by atoms with Crippen molar-refractivity contribution >= 4 is 3.71 Å². The number of hydrogen-bond acceptors (Lipinski definition) is 0. The van der Waals surface area contributed by atoms with Crippen LogP contribution in [-0.2, 0) is 30.7 Å². The minimum atomic E-state index is -0.143. The fraction of sp³-hybridized carbons (Fsp3) is 0.125. The molecule has 0 spiro atoms. The van der Waals surface area contributed by atoms with Crippen LogP contribution in [0.1, 0.15) is 5.56 Å². The second-order valence-corrected chi connectivity index (χ2v) is 3.04. The van der Waals surface area contributed by atoms with Crippen molar-refractivity contribution in [2.75, 3.05) is 0 Å². The molecule has 0 saturated carbocycles. The Balaban J connectivity index is 2.84. The Morgan fingerprint density at radius 3 is 2.90 bits per heavy atom. The third-order valence-corrected chi connectivity index (χ3v) is 1.73. The summed E-state index contributed by atoms with van der Waals surface area (Å²) in [6.07, 6.45) is 0.885. The first-order valence-corrected chi connectivity index (χ1v) is 4.48. The average molecular weight is 213 g/mol. The predicted octanol–water partition coefficient (Wildman–Crippen LogP) is 1.72. The number of benzene rings is 1. The van der Waals surface area contributed by atoms with Gasteiger partial charge in [-0.1, -0.05) is 0 Å². The van der Waals surface area contributed by atoms with Gasteiger partial charge < -0.3 is 0 Å². The van der Waals surface area contributed by atoms with Gasteiger partial charge in [-0.15, -0.1) is 0 Å². The van der Waals surface area contributed by atoms with E-state index in [-0.39, 0.29) is 5.82 Å². The molecule has 0 amide bonds. The summed E-state index contributed by atoms with van der Waals surface area (Å²) in [5, 5.41) is 0. The predicted molar refractivity (Wildman–Crippen MR) is 36.2 cm³/mol. The van der Waals surface area contributed by atoms with Crippen LogP contribution in [0.25, 0.3) is 0 Å². The first-order valence-electron chi connectivity index (χ1n) is 3.06. The molecule has 1 rings (SSSR count). The SMILES string of the molecule is Fc1cccc(C[CH]=[Zr+2])c1. The zero-order chi connectivity index (χ0) is 7.40. The van der Waals surface area contributed by atoms with Gasteiger partial charge in [0.15, 0.2) is 0 Å². The van der Waals surface area contributed by atoms with Gasteiger partial charge in [-0.25, -0.2) is 0 Å². The Hall–Kier alpha value is -0.0969. The van der Waals surface area contributed by atoms with E-state index in [9.17, 15) is 4.39 Å². The average Bonchev–Trinajstić information content (AvgIpc) is 1.88. The van der Waals surface area contributed by atoms with Crippen LogP contribution in [0.5, 0.6) is 0 Å². The summed E-state index contributed by atoms with van der Waals surface area (Å²) in [5.41, 5.74) is 1.05. The topological polar surface area (TPSA) is 0 Å². The van der Waals surface area contributed by atoms with Gasteiger partial charge in [0.25, 0.3) is 0 Å². The monoisotopic (exact) mass is 212 g/mol. The van der Waals surface area contributed by atoms with Crippen molar-refractivity contribution in [2.45, 2.75) is 6.42 Å². The van der Waals surface area contributed by atoms with E-state index >= 15 is 0 Å². The van der Waals surface area contributed by atoms with Crippen LogP contribution in [0.15, 0.2) is 24.3 Å². The molecule has 0 heterocycles. The Morgan fingerprint density at radius 2 is 2.30 bits per heavy atom. The quantitative estimate of drug-likeness (QED) is 0.702. The summed E-state index contributed by atoms with van der Waals surface area (Å²) in [6, 6.07) is 6.71. The third-order valence-electron chi connectivity index (χ3n) is 1.23. The van der Waals surface area contributed by atoms with Crippen LogP contribution in [0.3, 0.4) is 0 Å². The van der Waals surface area contributed by atoms with Crippen LogP contribution in [0, 0.1) is 5.82 Å². The Labute approximate surface area is 74.4 Å². The van der Waals surface area contributed by atoms with E-state index < -0.39 is 0 Å². The van der Waals surface area contributed by atoms with E-state index in [1.807, 2.05) is 6.07 Å². The maximum atomic E-state index is 12.5. The second-order valence-electron chi connectivity index (χ2n) is 2.04. The van der Waals surface area contributed by atoms with Gasteiger partial charge in [0.1, 0.15) is 0 Å². The summed E-state index contributed by atoms with van der Waals surface area (Å²) in [6.45, 7) is 0. The van der Waals surface area contributed by atoms with Crippen molar-refractivity contribution in [2.24, 2.45) is 0 Å². The van der Waals surface area contributed by atoms with E-state index in [1.54, 1.807) is 12.1 Å². The van der Waals surface area contributed by atoms with Crippen molar-refractivity contribution in [3.05, 3.63) is 35.6 Å². The molecule has 0 atom stereocenters. The zero-order valence-electron chi connectivity index (χ0n) is 5.47. The van der Waals surface area contributed by atoms with Crippen molar-refractivity contribution in [3.8, 4) is 0 Å². The Kier molecular flexibility index (Phi) is 3.14. The van der Waals surface area contributed by atoms with Gasteiger partial charge >= 0.3 is 74.4 Å². The molecule has 0 nitrogen and oxygen atoms in total. The molecule has 0 radical (unpaired) electrons. The third kappa shape index (κ3) is 2.26. The molecule has 0 aromatic heterocycles. The first kappa shape index (κ1) is 8.00. The number of hydrogen-bond donors (Lipinski definition) is 0.